The molecule has 1 aliphatic rings. The summed E-state index contributed by atoms with van der Waals surface area (Å²) in [6.07, 6.45) is 1.54. The third kappa shape index (κ3) is 2.58. The Labute approximate surface area is 131 Å². The summed E-state index contributed by atoms with van der Waals surface area (Å²) in [5.41, 5.74) is 1.12. The van der Waals surface area contributed by atoms with Crippen LogP contribution in [0.4, 0.5) is 5.95 Å². The van der Waals surface area contributed by atoms with E-state index in [-0.39, 0.29) is 5.92 Å². The zero-order valence-corrected chi connectivity index (χ0v) is 13.5. The topological polar surface area (TPSA) is 66.3 Å². The van der Waals surface area contributed by atoms with Gasteiger partial charge in [-0.1, -0.05) is 11.6 Å². The number of aliphatic carboxylic acids is 1. The summed E-state index contributed by atoms with van der Waals surface area (Å²) in [6, 6.07) is 0. The van der Waals surface area contributed by atoms with Crippen LogP contribution in [0, 0.1) is 19.8 Å². The van der Waals surface area contributed by atoms with E-state index in [1.54, 1.807) is 11.3 Å². The molecule has 0 aliphatic carbocycles. The number of thiophene rings is 1. The first kappa shape index (κ1) is 14.5. The van der Waals surface area contributed by atoms with Gasteiger partial charge in [0, 0.05) is 18.0 Å². The smallest absolute Gasteiger partial charge is 0.308 e. The fraction of sp³-hybridized carbons (Fsp3) is 0.500. The third-order valence-electron chi connectivity index (χ3n) is 4.03. The number of carboxylic acid groups (broad SMARTS) is 1. The Morgan fingerprint density at radius 3 is 2.90 bits per heavy atom. The number of carboxylic acids is 1. The van der Waals surface area contributed by atoms with Crippen LogP contribution in [0.3, 0.4) is 0 Å². The van der Waals surface area contributed by atoms with Crippen LogP contribution in [-0.2, 0) is 4.79 Å². The Morgan fingerprint density at radius 2 is 2.19 bits per heavy atom. The van der Waals surface area contributed by atoms with Crippen LogP contribution < -0.4 is 4.90 Å². The molecule has 1 N–H and O–H groups in total. The summed E-state index contributed by atoms with van der Waals surface area (Å²) in [6.45, 7) is 5.28. The maximum absolute atomic E-state index is 11.2. The first-order valence-corrected chi connectivity index (χ1v) is 8.08. The van der Waals surface area contributed by atoms with E-state index in [2.05, 4.69) is 9.97 Å². The molecule has 1 atom stereocenters. The number of rotatable bonds is 2. The van der Waals surface area contributed by atoms with Crippen LogP contribution >= 0.6 is 22.9 Å². The van der Waals surface area contributed by atoms with Gasteiger partial charge in [0.05, 0.1) is 11.3 Å². The average Bonchev–Trinajstić information content (AvgIpc) is 2.74. The number of fused-ring (bicyclic) bond motifs is 1. The molecule has 7 heteroatoms. The predicted octanol–water partition coefficient (Wildman–Crippen LogP) is 3.26. The molecule has 1 aliphatic heterocycles. The zero-order valence-electron chi connectivity index (χ0n) is 11.9. The molecule has 1 unspecified atom stereocenters. The Balaban J connectivity index is 1.99. The van der Waals surface area contributed by atoms with Crippen molar-refractivity contribution in [2.75, 3.05) is 18.0 Å². The molecule has 2 aromatic heterocycles. The van der Waals surface area contributed by atoms with Crippen LogP contribution in [0.1, 0.15) is 23.3 Å². The molecule has 0 spiro atoms. The van der Waals surface area contributed by atoms with E-state index >= 15 is 0 Å². The Kier molecular flexibility index (Phi) is 3.75. The Morgan fingerprint density at radius 1 is 1.43 bits per heavy atom. The fourth-order valence-electron chi connectivity index (χ4n) is 2.69. The van der Waals surface area contributed by atoms with Crippen molar-refractivity contribution in [2.45, 2.75) is 26.7 Å². The number of anilines is 1. The predicted molar refractivity (Wildman–Crippen MR) is 84.5 cm³/mol. The van der Waals surface area contributed by atoms with Crippen LogP contribution in [-0.4, -0.2) is 34.1 Å². The molecule has 3 rings (SSSR count). The molecule has 0 radical (unpaired) electrons. The van der Waals surface area contributed by atoms with Gasteiger partial charge in [0.15, 0.2) is 0 Å². The summed E-state index contributed by atoms with van der Waals surface area (Å²) < 4.78 is 0. The summed E-state index contributed by atoms with van der Waals surface area (Å²) in [5, 5.41) is 10.5. The number of hydrogen-bond donors (Lipinski definition) is 1. The minimum Gasteiger partial charge on any atom is -0.481 e. The largest absolute Gasteiger partial charge is 0.481 e. The molecular formula is C14H16ClN3O2S. The number of piperidine rings is 1. The number of carbonyl (C=O) groups is 1. The lowest BCUT2D eigenvalue weighted by Crippen LogP contribution is -2.39. The van der Waals surface area contributed by atoms with Crippen molar-refractivity contribution in [3.05, 3.63) is 15.6 Å². The van der Waals surface area contributed by atoms with Crippen molar-refractivity contribution in [3.8, 4) is 0 Å². The highest BCUT2D eigenvalue weighted by Crippen LogP contribution is 2.34. The van der Waals surface area contributed by atoms with Crippen LogP contribution in [0.15, 0.2) is 0 Å². The molecule has 3 heterocycles. The molecule has 0 amide bonds. The summed E-state index contributed by atoms with van der Waals surface area (Å²) in [7, 11) is 0. The maximum Gasteiger partial charge on any atom is 0.308 e. The lowest BCUT2D eigenvalue weighted by molar-refractivity contribution is -0.141. The monoisotopic (exact) mass is 325 g/mol. The first-order valence-electron chi connectivity index (χ1n) is 6.88. The van der Waals surface area contributed by atoms with Gasteiger partial charge in [-0.2, -0.15) is 0 Å². The molecule has 0 saturated carbocycles. The third-order valence-corrected chi connectivity index (χ3v) is 5.40. The van der Waals surface area contributed by atoms with Gasteiger partial charge < -0.3 is 10.0 Å². The highest BCUT2D eigenvalue weighted by atomic mass is 35.5. The van der Waals surface area contributed by atoms with Crippen molar-refractivity contribution < 1.29 is 9.90 Å². The van der Waals surface area contributed by atoms with Crippen LogP contribution in [0.2, 0.25) is 5.15 Å². The Bertz CT molecular complexity index is 716. The summed E-state index contributed by atoms with van der Waals surface area (Å²) >= 11 is 7.91. The van der Waals surface area contributed by atoms with Gasteiger partial charge in [0.1, 0.15) is 9.98 Å². The van der Waals surface area contributed by atoms with Gasteiger partial charge in [-0.15, -0.1) is 11.3 Å². The second-order valence-corrected chi connectivity index (χ2v) is 6.96. The number of aryl methyl sites for hydroxylation is 2. The van der Waals surface area contributed by atoms with E-state index in [1.807, 2.05) is 18.7 Å². The second kappa shape index (κ2) is 5.42. The molecule has 1 saturated heterocycles. The highest BCUT2D eigenvalue weighted by molar-refractivity contribution is 7.18. The lowest BCUT2D eigenvalue weighted by Gasteiger charge is -2.30. The first-order chi connectivity index (χ1) is 9.97. The minimum absolute atomic E-state index is 0.358. The lowest BCUT2D eigenvalue weighted by atomic mass is 9.99. The van der Waals surface area contributed by atoms with Crippen molar-refractivity contribution in [3.63, 3.8) is 0 Å². The van der Waals surface area contributed by atoms with Gasteiger partial charge in [0.2, 0.25) is 5.95 Å². The maximum atomic E-state index is 11.2. The molecule has 5 nitrogen and oxygen atoms in total. The van der Waals surface area contributed by atoms with Crippen molar-refractivity contribution in [2.24, 2.45) is 5.92 Å². The Hall–Kier alpha value is -1.40. The molecule has 0 bridgehead atoms. The van der Waals surface area contributed by atoms with Crippen molar-refractivity contribution in [1.29, 1.82) is 0 Å². The van der Waals surface area contributed by atoms with Gasteiger partial charge in [-0.3, -0.25) is 4.79 Å². The second-order valence-electron chi connectivity index (χ2n) is 5.40. The molecule has 21 heavy (non-hydrogen) atoms. The molecule has 0 aromatic carbocycles. The highest BCUT2D eigenvalue weighted by Gasteiger charge is 2.27. The van der Waals surface area contributed by atoms with E-state index < -0.39 is 5.97 Å². The van der Waals surface area contributed by atoms with Crippen molar-refractivity contribution in [1.82, 2.24) is 9.97 Å². The number of nitrogens with zero attached hydrogens (tertiary/aromatic N) is 3. The SMILES string of the molecule is Cc1sc2nc(N3CCCC(C(=O)O)C3)nc(Cl)c2c1C. The molecule has 2 aromatic rings. The van der Waals surface area contributed by atoms with Gasteiger partial charge in [-0.25, -0.2) is 9.97 Å². The molecular weight excluding hydrogens is 310 g/mol. The van der Waals surface area contributed by atoms with Crippen LogP contribution in [0.5, 0.6) is 0 Å². The van der Waals surface area contributed by atoms with Gasteiger partial charge in [-0.05, 0) is 32.3 Å². The van der Waals surface area contributed by atoms with E-state index in [1.165, 1.54) is 4.88 Å². The fourth-order valence-corrected chi connectivity index (χ4v) is 4.08. The van der Waals surface area contributed by atoms with Crippen molar-refractivity contribution >= 4 is 45.1 Å². The number of halogens is 1. The van der Waals surface area contributed by atoms with E-state index in [0.717, 1.165) is 28.7 Å². The molecule has 112 valence electrons. The summed E-state index contributed by atoms with van der Waals surface area (Å²) in [4.78, 5) is 24.1. The van der Waals surface area contributed by atoms with Crippen LogP contribution in [0.25, 0.3) is 10.2 Å². The standard InChI is InChI=1S/C14H16ClN3O2S/c1-7-8(2)21-12-10(7)11(15)16-14(17-12)18-5-3-4-9(6-18)13(19)20/h9H,3-6H2,1-2H3,(H,19,20). The molecule has 1 fully saturated rings. The quantitative estimate of drug-likeness (QED) is 0.858. The van der Waals surface area contributed by atoms with Gasteiger partial charge >= 0.3 is 5.97 Å². The normalized spacial score (nSPS) is 19.2. The summed E-state index contributed by atoms with van der Waals surface area (Å²) in [5.74, 6) is -0.571. The zero-order chi connectivity index (χ0) is 15.1. The van der Waals surface area contributed by atoms with E-state index in [0.29, 0.717) is 24.1 Å². The van der Waals surface area contributed by atoms with E-state index in [9.17, 15) is 9.90 Å². The van der Waals surface area contributed by atoms with E-state index in [4.69, 9.17) is 11.6 Å². The number of aromatic nitrogens is 2. The number of hydrogen-bond acceptors (Lipinski definition) is 5. The minimum atomic E-state index is -0.755. The average molecular weight is 326 g/mol. The van der Waals surface area contributed by atoms with Gasteiger partial charge in [0.25, 0.3) is 0 Å².